The average molecular weight is 213 g/mol. The normalized spacial score (nSPS) is 10.6. The van der Waals surface area contributed by atoms with Gasteiger partial charge in [0.25, 0.3) is 5.91 Å². The summed E-state index contributed by atoms with van der Waals surface area (Å²) in [4.78, 5) is 16.2. The standard InChI is InChI=1S/C9H15N3OS/c1-5(2)4-11-8(13)7-6(3)12-9(10)14-7/h5H,4H2,1-3H3,(H2,10,12)(H,11,13). The van der Waals surface area contributed by atoms with Crippen LogP contribution in [0.1, 0.15) is 29.2 Å². The highest BCUT2D eigenvalue weighted by atomic mass is 32.1. The molecule has 0 radical (unpaired) electrons. The van der Waals surface area contributed by atoms with Gasteiger partial charge in [-0.2, -0.15) is 0 Å². The summed E-state index contributed by atoms with van der Waals surface area (Å²) in [5.74, 6) is 0.370. The topological polar surface area (TPSA) is 68.0 Å². The van der Waals surface area contributed by atoms with Gasteiger partial charge in [-0.15, -0.1) is 0 Å². The largest absolute Gasteiger partial charge is 0.375 e. The number of carbonyl (C=O) groups excluding carboxylic acids is 1. The predicted octanol–water partition coefficient (Wildman–Crippen LogP) is 1.42. The van der Waals surface area contributed by atoms with Crippen molar-refractivity contribution in [2.45, 2.75) is 20.8 Å². The van der Waals surface area contributed by atoms with E-state index in [1.807, 2.05) is 13.8 Å². The van der Waals surface area contributed by atoms with Crippen LogP contribution in [-0.4, -0.2) is 17.4 Å². The minimum Gasteiger partial charge on any atom is -0.375 e. The van der Waals surface area contributed by atoms with Crippen LogP contribution in [0, 0.1) is 12.8 Å². The SMILES string of the molecule is Cc1nc(N)sc1C(=O)NCC(C)C. The molecule has 1 rings (SSSR count). The number of aromatic nitrogens is 1. The van der Waals surface area contributed by atoms with Crippen LogP contribution in [0.3, 0.4) is 0 Å². The first-order valence-corrected chi connectivity index (χ1v) is 5.33. The van der Waals surface area contributed by atoms with E-state index in [0.29, 0.717) is 28.2 Å². The van der Waals surface area contributed by atoms with Gasteiger partial charge in [-0.25, -0.2) is 4.98 Å². The third kappa shape index (κ3) is 2.70. The van der Waals surface area contributed by atoms with Crippen molar-refractivity contribution in [2.24, 2.45) is 5.92 Å². The number of amides is 1. The molecule has 0 saturated heterocycles. The minimum atomic E-state index is -0.0783. The Morgan fingerprint density at radius 2 is 2.29 bits per heavy atom. The maximum atomic E-state index is 11.6. The second-order valence-corrected chi connectivity index (χ2v) is 4.60. The Morgan fingerprint density at radius 3 is 2.71 bits per heavy atom. The van der Waals surface area contributed by atoms with Crippen molar-refractivity contribution >= 4 is 22.4 Å². The zero-order chi connectivity index (χ0) is 10.7. The molecule has 0 spiro atoms. The average Bonchev–Trinajstić information content (AvgIpc) is 2.41. The van der Waals surface area contributed by atoms with E-state index >= 15 is 0 Å². The monoisotopic (exact) mass is 213 g/mol. The van der Waals surface area contributed by atoms with Gasteiger partial charge in [0.2, 0.25) is 0 Å². The first-order chi connectivity index (χ1) is 6.50. The number of nitrogen functional groups attached to an aromatic ring is 1. The molecule has 0 aliphatic rings. The van der Waals surface area contributed by atoms with Gasteiger partial charge in [-0.05, 0) is 12.8 Å². The number of hydrogen-bond donors (Lipinski definition) is 2. The lowest BCUT2D eigenvalue weighted by atomic mass is 10.2. The van der Waals surface area contributed by atoms with E-state index in [1.165, 1.54) is 11.3 Å². The smallest absolute Gasteiger partial charge is 0.263 e. The highest BCUT2D eigenvalue weighted by Gasteiger charge is 2.13. The summed E-state index contributed by atoms with van der Waals surface area (Å²) in [6.45, 7) is 6.57. The molecule has 0 aromatic carbocycles. The number of hydrogen-bond acceptors (Lipinski definition) is 4. The van der Waals surface area contributed by atoms with Crippen LogP contribution in [-0.2, 0) is 0 Å². The fourth-order valence-electron chi connectivity index (χ4n) is 1.01. The number of aryl methyl sites for hydroxylation is 1. The molecule has 1 amide bonds. The van der Waals surface area contributed by atoms with Gasteiger partial charge in [0.05, 0.1) is 5.69 Å². The van der Waals surface area contributed by atoms with E-state index in [0.717, 1.165) is 0 Å². The highest BCUT2D eigenvalue weighted by molar-refractivity contribution is 7.17. The second-order valence-electron chi connectivity index (χ2n) is 3.57. The molecule has 0 aliphatic carbocycles. The van der Waals surface area contributed by atoms with Crippen molar-refractivity contribution in [3.63, 3.8) is 0 Å². The summed E-state index contributed by atoms with van der Waals surface area (Å²) in [6.07, 6.45) is 0. The molecular weight excluding hydrogens is 198 g/mol. The number of nitrogens with two attached hydrogens (primary N) is 1. The molecule has 1 aromatic rings. The van der Waals surface area contributed by atoms with Crippen molar-refractivity contribution in [2.75, 3.05) is 12.3 Å². The summed E-state index contributed by atoms with van der Waals surface area (Å²) < 4.78 is 0. The Balaban J connectivity index is 2.65. The number of nitrogens with zero attached hydrogens (tertiary/aromatic N) is 1. The lowest BCUT2D eigenvalue weighted by Gasteiger charge is -2.05. The van der Waals surface area contributed by atoms with Gasteiger partial charge in [-0.1, -0.05) is 25.2 Å². The molecule has 1 aromatic heterocycles. The zero-order valence-corrected chi connectivity index (χ0v) is 9.44. The minimum absolute atomic E-state index is 0.0783. The zero-order valence-electron chi connectivity index (χ0n) is 8.63. The molecule has 3 N–H and O–H groups in total. The van der Waals surface area contributed by atoms with Crippen molar-refractivity contribution in [3.8, 4) is 0 Å². The quantitative estimate of drug-likeness (QED) is 0.798. The third-order valence-electron chi connectivity index (χ3n) is 1.69. The molecule has 4 nitrogen and oxygen atoms in total. The third-order valence-corrected chi connectivity index (χ3v) is 2.68. The summed E-state index contributed by atoms with van der Waals surface area (Å²) in [5.41, 5.74) is 6.20. The lowest BCUT2D eigenvalue weighted by molar-refractivity contribution is 0.0952. The van der Waals surface area contributed by atoms with Crippen molar-refractivity contribution in [1.29, 1.82) is 0 Å². The fraction of sp³-hybridized carbons (Fsp3) is 0.556. The number of nitrogens with one attached hydrogen (secondary N) is 1. The Bertz CT molecular complexity index is 333. The molecule has 0 bridgehead atoms. The van der Waals surface area contributed by atoms with E-state index in [9.17, 15) is 4.79 Å². The van der Waals surface area contributed by atoms with Gasteiger partial charge in [0.15, 0.2) is 5.13 Å². The van der Waals surface area contributed by atoms with Crippen LogP contribution >= 0.6 is 11.3 Å². The number of anilines is 1. The molecule has 0 unspecified atom stereocenters. The Kier molecular flexibility index (Phi) is 3.46. The Morgan fingerprint density at radius 1 is 1.64 bits per heavy atom. The highest BCUT2D eigenvalue weighted by Crippen LogP contribution is 2.19. The summed E-state index contributed by atoms with van der Waals surface area (Å²) in [6, 6.07) is 0. The van der Waals surface area contributed by atoms with Crippen LogP contribution in [0.5, 0.6) is 0 Å². The lowest BCUT2D eigenvalue weighted by Crippen LogP contribution is -2.27. The number of carbonyl (C=O) groups is 1. The van der Waals surface area contributed by atoms with Gasteiger partial charge in [0.1, 0.15) is 4.88 Å². The Labute approximate surface area is 87.5 Å². The number of thiazole rings is 1. The maximum absolute atomic E-state index is 11.6. The first kappa shape index (κ1) is 11.0. The van der Waals surface area contributed by atoms with Crippen molar-refractivity contribution in [1.82, 2.24) is 10.3 Å². The van der Waals surface area contributed by atoms with Crippen LogP contribution in [0.25, 0.3) is 0 Å². The molecule has 0 fully saturated rings. The number of rotatable bonds is 3. The van der Waals surface area contributed by atoms with E-state index in [1.54, 1.807) is 6.92 Å². The molecule has 14 heavy (non-hydrogen) atoms. The second kappa shape index (κ2) is 4.41. The van der Waals surface area contributed by atoms with E-state index in [-0.39, 0.29) is 5.91 Å². The first-order valence-electron chi connectivity index (χ1n) is 4.51. The van der Waals surface area contributed by atoms with Gasteiger partial charge >= 0.3 is 0 Å². The summed E-state index contributed by atoms with van der Waals surface area (Å²) in [5, 5.41) is 3.27. The molecule has 1 heterocycles. The van der Waals surface area contributed by atoms with Gasteiger partial charge < -0.3 is 11.1 Å². The van der Waals surface area contributed by atoms with Crippen LogP contribution in [0.4, 0.5) is 5.13 Å². The molecule has 0 saturated carbocycles. The molecule has 0 atom stereocenters. The molecule has 78 valence electrons. The molecule has 0 aliphatic heterocycles. The predicted molar refractivity (Wildman–Crippen MR) is 58.4 cm³/mol. The van der Waals surface area contributed by atoms with Gasteiger partial charge in [-0.3, -0.25) is 4.79 Å². The van der Waals surface area contributed by atoms with Crippen molar-refractivity contribution in [3.05, 3.63) is 10.6 Å². The summed E-state index contributed by atoms with van der Waals surface area (Å²) >= 11 is 1.23. The summed E-state index contributed by atoms with van der Waals surface area (Å²) in [7, 11) is 0. The molecule has 5 heteroatoms. The van der Waals surface area contributed by atoms with E-state index in [4.69, 9.17) is 5.73 Å². The van der Waals surface area contributed by atoms with Crippen LogP contribution < -0.4 is 11.1 Å². The van der Waals surface area contributed by atoms with Gasteiger partial charge in [0, 0.05) is 6.54 Å². The van der Waals surface area contributed by atoms with E-state index < -0.39 is 0 Å². The maximum Gasteiger partial charge on any atom is 0.263 e. The van der Waals surface area contributed by atoms with E-state index in [2.05, 4.69) is 10.3 Å². The Hall–Kier alpha value is -1.10. The van der Waals surface area contributed by atoms with Crippen molar-refractivity contribution < 1.29 is 4.79 Å². The van der Waals surface area contributed by atoms with Crippen LogP contribution in [0.15, 0.2) is 0 Å². The fourth-order valence-corrected chi connectivity index (χ4v) is 1.75. The molecular formula is C9H15N3OS. The van der Waals surface area contributed by atoms with Crippen LogP contribution in [0.2, 0.25) is 0 Å².